The van der Waals surface area contributed by atoms with Crippen molar-refractivity contribution in [1.29, 1.82) is 0 Å². The van der Waals surface area contributed by atoms with E-state index in [4.69, 9.17) is 9.47 Å². The number of ether oxygens (including phenoxy) is 2. The molecule has 7 heteroatoms. The van der Waals surface area contributed by atoms with Crippen molar-refractivity contribution in [2.75, 3.05) is 26.2 Å². The number of nitrogens with one attached hydrogen (secondary N) is 1. The molecule has 0 unspecified atom stereocenters. The zero-order chi connectivity index (χ0) is 17.9. The highest BCUT2D eigenvalue weighted by Crippen LogP contribution is 2.39. The normalized spacial score (nSPS) is 28.3. The van der Waals surface area contributed by atoms with Crippen molar-refractivity contribution in [3.63, 3.8) is 0 Å². The molecule has 1 aromatic heterocycles. The maximum Gasteiger partial charge on any atom is 0.241 e. The molecule has 0 radical (unpaired) electrons. The van der Waals surface area contributed by atoms with Crippen LogP contribution in [0.15, 0.2) is 24.5 Å². The Balaban J connectivity index is 1.52. The molecular formula is C18H25N3O4. The fraction of sp³-hybridized carbons (Fsp3) is 0.611. The van der Waals surface area contributed by atoms with Crippen LogP contribution in [0.25, 0.3) is 0 Å². The van der Waals surface area contributed by atoms with E-state index in [1.165, 1.54) is 6.92 Å². The van der Waals surface area contributed by atoms with Crippen molar-refractivity contribution < 1.29 is 19.1 Å². The molecule has 2 saturated heterocycles. The second-order valence-corrected chi connectivity index (χ2v) is 7.09. The fourth-order valence-electron chi connectivity index (χ4n) is 3.63. The zero-order valence-corrected chi connectivity index (χ0v) is 14.7. The topological polar surface area (TPSA) is 80.8 Å². The first-order chi connectivity index (χ1) is 12.0. The van der Waals surface area contributed by atoms with Crippen LogP contribution in [-0.4, -0.2) is 59.6 Å². The monoisotopic (exact) mass is 347 g/mol. The van der Waals surface area contributed by atoms with Gasteiger partial charge < -0.3 is 19.7 Å². The van der Waals surface area contributed by atoms with Crippen LogP contribution in [0.3, 0.4) is 0 Å². The minimum atomic E-state index is -0.359. The van der Waals surface area contributed by atoms with Crippen LogP contribution in [0.5, 0.6) is 5.75 Å². The molecule has 1 aromatic rings. The molecule has 2 aliphatic rings. The molecule has 0 aromatic carbocycles. The maximum absolute atomic E-state index is 12.2. The van der Waals surface area contributed by atoms with Gasteiger partial charge >= 0.3 is 0 Å². The maximum atomic E-state index is 12.2. The molecule has 0 aliphatic carbocycles. The van der Waals surface area contributed by atoms with Crippen LogP contribution in [0.2, 0.25) is 0 Å². The lowest BCUT2D eigenvalue weighted by Gasteiger charge is -2.34. The Morgan fingerprint density at radius 2 is 2.36 bits per heavy atom. The van der Waals surface area contributed by atoms with Gasteiger partial charge in [0.15, 0.2) is 0 Å². The molecule has 25 heavy (non-hydrogen) atoms. The molecule has 2 amide bonds. The fourth-order valence-corrected chi connectivity index (χ4v) is 3.63. The van der Waals surface area contributed by atoms with Crippen molar-refractivity contribution in [2.24, 2.45) is 5.92 Å². The summed E-state index contributed by atoms with van der Waals surface area (Å²) in [6, 6.07) is 3.71. The molecule has 7 nitrogen and oxygen atoms in total. The quantitative estimate of drug-likeness (QED) is 0.859. The number of nitrogens with zero attached hydrogens (tertiary/aromatic N) is 2. The van der Waals surface area contributed by atoms with E-state index in [1.54, 1.807) is 12.4 Å². The average Bonchev–Trinajstić information content (AvgIpc) is 2.94. The lowest BCUT2D eigenvalue weighted by Crippen LogP contribution is -2.47. The summed E-state index contributed by atoms with van der Waals surface area (Å²) in [6.45, 7) is 5.34. The molecule has 3 rings (SSSR count). The summed E-state index contributed by atoms with van der Waals surface area (Å²) in [6.07, 6.45) is 5.23. The number of carbonyl (C=O) groups is 2. The minimum absolute atomic E-state index is 0.0335. The molecule has 0 spiro atoms. The van der Waals surface area contributed by atoms with Crippen molar-refractivity contribution in [2.45, 2.75) is 38.4 Å². The lowest BCUT2D eigenvalue weighted by molar-refractivity contribution is -0.135. The van der Waals surface area contributed by atoms with Crippen molar-refractivity contribution in [3.8, 4) is 5.75 Å². The number of aromatic nitrogens is 1. The molecule has 2 fully saturated rings. The van der Waals surface area contributed by atoms with Gasteiger partial charge in [-0.1, -0.05) is 0 Å². The summed E-state index contributed by atoms with van der Waals surface area (Å²) >= 11 is 0. The van der Waals surface area contributed by atoms with E-state index in [1.807, 2.05) is 17.0 Å². The van der Waals surface area contributed by atoms with Gasteiger partial charge in [-0.3, -0.25) is 14.6 Å². The standard InChI is InChI=1S/C18H25N3O4/c1-13(22)20-10-17(23)21-7-5-16-14(11-21)8-18(2,25-16)12-24-15-4-3-6-19-9-15/h3-4,6,9,14,16H,5,7-8,10-12H2,1-2H3,(H,20,22)/t14-,16+,18-/m1/s1. The number of hydrogen-bond acceptors (Lipinski definition) is 5. The van der Waals surface area contributed by atoms with E-state index in [2.05, 4.69) is 17.2 Å². The third kappa shape index (κ3) is 4.48. The predicted octanol–water partition coefficient (Wildman–Crippen LogP) is 0.993. The molecule has 2 aliphatic heterocycles. The molecule has 3 atom stereocenters. The average molecular weight is 347 g/mol. The predicted molar refractivity (Wildman–Crippen MR) is 91.0 cm³/mol. The summed E-state index contributed by atoms with van der Waals surface area (Å²) in [5, 5.41) is 2.57. The van der Waals surface area contributed by atoms with Crippen molar-refractivity contribution in [3.05, 3.63) is 24.5 Å². The largest absolute Gasteiger partial charge is 0.489 e. The highest BCUT2D eigenvalue weighted by molar-refractivity contribution is 5.83. The number of rotatable bonds is 5. The van der Waals surface area contributed by atoms with Crippen molar-refractivity contribution >= 4 is 11.8 Å². The van der Waals surface area contributed by atoms with E-state index in [0.29, 0.717) is 25.6 Å². The molecule has 3 heterocycles. The van der Waals surface area contributed by atoms with Gasteiger partial charge in [0.25, 0.3) is 0 Å². The highest BCUT2D eigenvalue weighted by atomic mass is 16.6. The Hall–Kier alpha value is -2.15. The van der Waals surface area contributed by atoms with Crippen LogP contribution in [-0.2, 0) is 14.3 Å². The molecule has 0 bridgehead atoms. The Kier molecular flexibility index (Phi) is 5.22. The Morgan fingerprint density at radius 1 is 1.52 bits per heavy atom. The summed E-state index contributed by atoms with van der Waals surface area (Å²) in [4.78, 5) is 29.0. The van der Waals surface area contributed by atoms with Gasteiger partial charge in [0, 0.05) is 32.1 Å². The lowest BCUT2D eigenvalue weighted by atomic mass is 9.89. The number of likely N-dealkylation sites (tertiary alicyclic amines) is 1. The van der Waals surface area contributed by atoms with Crippen LogP contribution in [0, 0.1) is 5.92 Å². The number of amides is 2. The number of carbonyl (C=O) groups excluding carboxylic acids is 2. The van der Waals surface area contributed by atoms with Gasteiger partial charge in [-0.15, -0.1) is 0 Å². The number of hydrogen-bond donors (Lipinski definition) is 1. The first-order valence-corrected chi connectivity index (χ1v) is 8.68. The van der Waals surface area contributed by atoms with E-state index in [0.717, 1.165) is 18.6 Å². The first kappa shape index (κ1) is 17.7. The number of piperidine rings is 1. The van der Waals surface area contributed by atoms with Gasteiger partial charge in [0.1, 0.15) is 18.0 Å². The smallest absolute Gasteiger partial charge is 0.241 e. The molecule has 0 saturated carbocycles. The minimum Gasteiger partial charge on any atom is -0.489 e. The third-order valence-electron chi connectivity index (χ3n) is 4.81. The molecular weight excluding hydrogens is 322 g/mol. The Labute approximate surface area is 147 Å². The molecule has 1 N–H and O–H groups in total. The SMILES string of the molecule is CC(=O)NCC(=O)N1CC[C@@H]2O[C@@](C)(COc3cccnc3)C[C@@H]2C1. The van der Waals surface area contributed by atoms with Gasteiger partial charge in [-0.25, -0.2) is 0 Å². The van der Waals surface area contributed by atoms with Gasteiger partial charge in [0.05, 0.1) is 18.8 Å². The van der Waals surface area contributed by atoms with E-state index in [-0.39, 0.29) is 30.1 Å². The summed E-state index contributed by atoms with van der Waals surface area (Å²) < 4.78 is 12.1. The van der Waals surface area contributed by atoms with Gasteiger partial charge in [-0.05, 0) is 31.9 Å². The first-order valence-electron chi connectivity index (χ1n) is 8.68. The van der Waals surface area contributed by atoms with Gasteiger partial charge in [-0.2, -0.15) is 0 Å². The van der Waals surface area contributed by atoms with Gasteiger partial charge in [0.2, 0.25) is 11.8 Å². The Bertz CT molecular complexity index is 624. The zero-order valence-electron chi connectivity index (χ0n) is 14.7. The van der Waals surface area contributed by atoms with E-state index < -0.39 is 0 Å². The van der Waals surface area contributed by atoms with Crippen LogP contribution in [0.1, 0.15) is 26.7 Å². The van der Waals surface area contributed by atoms with Crippen LogP contribution in [0.4, 0.5) is 0 Å². The summed E-state index contributed by atoms with van der Waals surface area (Å²) in [5.41, 5.74) is -0.359. The van der Waals surface area contributed by atoms with E-state index >= 15 is 0 Å². The van der Waals surface area contributed by atoms with Crippen LogP contribution < -0.4 is 10.1 Å². The second-order valence-electron chi connectivity index (χ2n) is 7.09. The molecule has 136 valence electrons. The van der Waals surface area contributed by atoms with E-state index in [9.17, 15) is 9.59 Å². The third-order valence-corrected chi connectivity index (χ3v) is 4.81. The summed E-state index contributed by atoms with van der Waals surface area (Å²) in [7, 11) is 0. The second kappa shape index (κ2) is 7.39. The number of fused-ring (bicyclic) bond motifs is 1. The summed E-state index contributed by atoms with van der Waals surface area (Å²) in [5.74, 6) is 0.813. The van der Waals surface area contributed by atoms with Crippen LogP contribution >= 0.6 is 0 Å². The highest BCUT2D eigenvalue weighted by Gasteiger charge is 2.46. The Morgan fingerprint density at radius 3 is 3.08 bits per heavy atom. The number of pyridine rings is 1. The van der Waals surface area contributed by atoms with Crippen molar-refractivity contribution in [1.82, 2.24) is 15.2 Å².